The monoisotopic (exact) mass is 342 g/mol. The highest BCUT2D eigenvalue weighted by molar-refractivity contribution is 7.17. The minimum Gasteiger partial charge on any atom is -0.379 e. The van der Waals surface area contributed by atoms with Gasteiger partial charge in [-0.1, -0.05) is 6.07 Å². The number of anilines is 1. The molecule has 2 atom stereocenters. The SMILES string of the molecule is c1ccc(CO[C@@H]2CCOC[C@H]2Nc2ncnc3ccsc23)nc1. The van der Waals surface area contributed by atoms with Gasteiger partial charge in [-0.05, 0) is 30.0 Å². The van der Waals surface area contributed by atoms with Crippen molar-refractivity contribution < 1.29 is 9.47 Å². The van der Waals surface area contributed by atoms with Crippen molar-refractivity contribution in [2.75, 3.05) is 18.5 Å². The van der Waals surface area contributed by atoms with Crippen molar-refractivity contribution in [1.29, 1.82) is 0 Å². The number of hydrogen-bond donors (Lipinski definition) is 1. The Morgan fingerprint density at radius 3 is 3.17 bits per heavy atom. The van der Waals surface area contributed by atoms with Gasteiger partial charge in [-0.3, -0.25) is 4.98 Å². The molecule has 1 fully saturated rings. The molecule has 0 amide bonds. The largest absolute Gasteiger partial charge is 0.379 e. The summed E-state index contributed by atoms with van der Waals surface area (Å²) in [5.41, 5.74) is 1.89. The van der Waals surface area contributed by atoms with E-state index in [0.717, 1.165) is 28.1 Å². The molecule has 0 radical (unpaired) electrons. The van der Waals surface area contributed by atoms with Crippen LogP contribution in [0, 0.1) is 0 Å². The fraction of sp³-hybridized carbons (Fsp3) is 0.353. The number of rotatable bonds is 5. The highest BCUT2D eigenvalue weighted by atomic mass is 32.1. The smallest absolute Gasteiger partial charge is 0.147 e. The number of hydrogen-bond acceptors (Lipinski definition) is 7. The van der Waals surface area contributed by atoms with E-state index in [4.69, 9.17) is 9.47 Å². The van der Waals surface area contributed by atoms with Gasteiger partial charge in [-0.2, -0.15) is 0 Å². The Hall–Kier alpha value is -2.09. The van der Waals surface area contributed by atoms with E-state index < -0.39 is 0 Å². The first kappa shape index (κ1) is 15.4. The van der Waals surface area contributed by atoms with Crippen LogP contribution in [-0.4, -0.2) is 40.3 Å². The van der Waals surface area contributed by atoms with Crippen molar-refractivity contribution in [2.45, 2.75) is 25.2 Å². The first-order valence-corrected chi connectivity index (χ1v) is 8.82. The van der Waals surface area contributed by atoms with E-state index in [0.29, 0.717) is 19.8 Å². The van der Waals surface area contributed by atoms with Crippen LogP contribution >= 0.6 is 11.3 Å². The van der Waals surface area contributed by atoms with E-state index in [1.807, 2.05) is 29.6 Å². The molecule has 3 aromatic rings. The first-order valence-electron chi connectivity index (χ1n) is 7.94. The summed E-state index contributed by atoms with van der Waals surface area (Å²) >= 11 is 1.63. The van der Waals surface area contributed by atoms with Crippen LogP contribution in [0.25, 0.3) is 10.2 Å². The predicted molar refractivity (Wildman–Crippen MR) is 93.1 cm³/mol. The maximum atomic E-state index is 6.10. The lowest BCUT2D eigenvalue weighted by atomic mass is 10.1. The lowest BCUT2D eigenvalue weighted by Gasteiger charge is -2.32. The summed E-state index contributed by atoms with van der Waals surface area (Å²) < 4.78 is 12.8. The van der Waals surface area contributed by atoms with Crippen LogP contribution in [-0.2, 0) is 16.1 Å². The number of pyridine rings is 1. The highest BCUT2D eigenvalue weighted by Gasteiger charge is 2.27. The van der Waals surface area contributed by atoms with Gasteiger partial charge in [0.2, 0.25) is 0 Å². The molecule has 124 valence electrons. The Kier molecular flexibility index (Phi) is 4.64. The maximum Gasteiger partial charge on any atom is 0.147 e. The molecule has 0 aliphatic carbocycles. The fourth-order valence-corrected chi connectivity index (χ4v) is 3.59. The Bertz CT molecular complexity index is 795. The van der Waals surface area contributed by atoms with Crippen molar-refractivity contribution >= 4 is 27.4 Å². The van der Waals surface area contributed by atoms with Crippen LogP contribution in [0.4, 0.5) is 5.82 Å². The Balaban J connectivity index is 1.47. The Labute approximate surface area is 143 Å². The maximum absolute atomic E-state index is 6.10. The summed E-state index contributed by atoms with van der Waals surface area (Å²) in [6, 6.07) is 7.91. The average Bonchev–Trinajstić information content (AvgIpc) is 3.12. The van der Waals surface area contributed by atoms with Gasteiger partial charge >= 0.3 is 0 Å². The minimum absolute atomic E-state index is 0.0580. The second-order valence-corrected chi connectivity index (χ2v) is 6.56. The summed E-state index contributed by atoms with van der Waals surface area (Å²) in [6.45, 7) is 1.81. The molecule has 1 aliphatic heterocycles. The number of fused-ring (bicyclic) bond motifs is 1. The second-order valence-electron chi connectivity index (χ2n) is 5.64. The van der Waals surface area contributed by atoms with Crippen LogP contribution < -0.4 is 5.32 Å². The van der Waals surface area contributed by atoms with Crippen LogP contribution in [0.5, 0.6) is 0 Å². The number of nitrogens with one attached hydrogen (secondary N) is 1. The molecule has 3 aromatic heterocycles. The quantitative estimate of drug-likeness (QED) is 0.769. The molecule has 24 heavy (non-hydrogen) atoms. The van der Waals surface area contributed by atoms with Crippen LogP contribution in [0.1, 0.15) is 12.1 Å². The van der Waals surface area contributed by atoms with E-state index in [-0.39, 0.29) is 12.1 Å². The lowest BCUT2D eigenvalue weighted by Crippen LogP contribution is -2.44. The predicted octanol–water partition coefficient (Wildman–Crippen LogP) is 2.87. The number of thiophene rings is 1. The average molecular weight is 342 g/mol. The van der Waals surface area contributed by atoms with Gasteiger partial charge in [0.25, 0.3) is 0 Å². The normalized spacial score (nSPS) is 21.0. The molecule has 0 spiro atoms. The zero-order valence-electron chi connectivity index (χ0n) is 13.1. The second kappa shape index (κ2) is 7.21. The molecule has 0 bridgehead atoms. The first-order chi connectivity index (χ1) is 11.9. The van der Waals surface area contributed by atoms with Gasteiger partial charge in [0, 0.05) is 12.8 Å². The molecular weight excluding hydrogens is 324 g/mol. The molecule has 4 heterocycles. The lowest BCUT2D eigenvalue weighted by molar-refractivity contribution is -0.0486. The van der Waals surface area contributed by atoms with E-state index in [1.54, 1.807) is 23.9 Å². The van der Waals surface area contributed by atoms with Crippen molar-refractivity contribution in [2.24, 2.45) is 0 Å². The van der Waals surface area contributed by atoms with Gasteiger partial charge in [0.15, 0.2) is 0 Å². The molecule has 4 rings (SSSR count). The van der Waals surface area contributed by atoms with E-state index in [1.165, 1.54) is 0 Å². The van der Waals surface area contributed by atoms with E-state index in [9.17, 15) is 0 Å². The topological polar surface area (TPSA) is 69.2 Å². The van der Waals surface area contributed by atoms with Crippen LogP contribution in [0.2, 0.25) is 0 Å². The molecule has 7 heteroatoms. The summed E-state index contributed by atoms with van der Waals surface area (Å²) in [5, 5.41) is 5.51. The van der Waals surface area contributed by atoms with Gasteiger partial charge in [-0.15, -0.1) is 11.3 Å². The molecule has 0 saturated carbocycles. The third kappa shape index (κ3) is 3.38. The van der Waals surface area contributed by atoms with Gasteiger partial charge in [-0.25, -0.2) is 9.97 Å². The Morgan fingerprint density at radius 2 is 2.25 bits per heavy atom. The Morgan fingerprint density at radius 1 is 1.25 bits per heavy atom. The molecule has 0 unspecified atom stereocenters. The van der Waals surface area contributed by atoms with Crippen LogP contribution in [0.15, 0.2) is 42.2 Å². The zero-order valence-corrected chi connectivity index (χ0v) is 13.9. The summed E-state index contributed by atoms with van der Waals surface area (Å²) in [5.74, 6) is 0.844. The molecular formula is C17H18N4O2S. The highest BCUT2D eigenvalue weighted by Crippen LogP contribution is 2.27. The minimum atomic E-state index is 0.0580. The summed E-state index contributed by atoms with van der Waals surface area (Å²) in [7, 11) is 0. The van der Waals surface area contributed by atoms with Crippen LogP contribution in [0.3, 0.4) is 0 Å². The van der Waals surface area contributed by atoms with Crippen molar-refractivity contribution in [3.05, 3.63) is 47.9 Å². The van der Waals surface area contributed by atoms with Crippen molar-refractivity contribution in [1.82, 2.24) is 15.0 Å². The third-order valence-electron chi connectivity index (χ3n) is 4.03. The number of nitrogens with zero attached hydrogens (tertiary/aromatic N) is 3. The van der Waals surface area contributed by atoms with E-state index >= 15 is 0 Å². The van der Waals surface area contributed by atoms with Gasteiger partial charge in [0.05, 0.1) is 41.3 Å². The molecule has 0 aromatic carbocycles. The molecule has 1 N–H and O–H groups in total. The summed E-state index contributed by atoms with van der Waals surface area (Å²) in [6.07, 6.45) is 4.28. The molecule has 6 nitrogen and oxygen atoms in total. The molecule has 1 aliphatic rings. The molecule has 1 saturated heterocycles. The standard InChI is InChI=1S/C17H18N4O2S/c1-2-6-18-12(3-1)9-23-15-4-7-22-10-14(15)21-17-16-13(5-8-24-16)19-11-20-17/h1-3,5-6,8,11,14-15H,4,7,9-10H2,(H,19,20,21)/t14-,15-/m1/s1. The van der Waals surface area contributed by atoms with Crippen molar-refractivity contribution in [3.8, 4) is 0 Å². The van der Waals surface area contributed by atoms with Crippen molar-refractivity contribution in [3.63, 3.8) is 0 Å². The van der Waals surface area contributed by atoms with Gasteiger partial charge in [0.1, 0.15) is 12.1 Å². The number of ether oxygens (including phenoxy) is 2. The summed E-state index contributed by atoms with van der Waals surface area (Å²) in [4.78, 5) is 13.0. The third-order valence-corrected chi connectivity index (χ3v) is 4.94. The van der Waals surface area contributed by atoms with E-state index in [2.05, 4.69) is 20.3 Å². The van der Waals surface area contributed by atoms with Gasteiger partial charge < -0.3 is 14.8 Å². The number of aromatic nitrogens is 3. The fourth-order valence-electron chi connectivity index (χ4n) is 2.80. The zero-order chi connectivity index (χ0) is 16.2.